The second-order valence-corrected chi connectivity index (χ2v) is 9.16. The van der Waals surface area contributed by atoms with E-state index in [2.05, 4.69) is 15.4 Å². The summed E-state index contributed by atoms with van der Waals surface area (Å²) in [5.41, 5.74) is 0.495. The molecule has 4 rings (SSSR count). The minimum absolute atomic E-state index is 0.0148. The molecule has 35 heavy (non-hydrogen) atoms. The van der Waals surface area contributed by atoms with Gasteiger partial charge in [-0.15, -0.1) is 0 Å². The molecule has 0 bridgehead atoms. The standard InChI is InChI=1S/C24H22FN3O6S/c25-20-4-2-1-3-19(20)24(30)27-12-11-26-23(29)16-5-7-17(8-6-16)28-35(31,32)18-9-10-21-22(15-18)34-14-13-33-21/h1-10,15,28H,11-14H2,(H,26,29)(H,27,30). The molecule has 0 atom stereocenters. The van der Waals surface area contributed by atoms with Crippen molar-refractivity contribution in [1.29, 1.82) is 0 Å². The van der Waals surface area contributed by atoms with Gasteiger partial charge in [0.05, 0.1) is 10.5 Å². The number of halogens is 1. The number of nitrogens with one attached hydrogen (secondary N) is 3. The van der Waals surface area contributed by atoms with Gasteiger partial charge in [0.2, 0.25) is 0 Å². The van der Waals surface area contributed by atoms with Gasteiger partial charge in [-0.1, -0.05) is 12.1 Å². The minimum atomic E-state index is -3.88. The van der Waals surface area contributed by atoms with Crippen LogP contribution < -0.4 is 24.8 Å². The van der Waals surface area contributed by atoms with Crippen LogP contribution in [0.1, 0.15) is 20.7 Å². The summed E-state index contributed by atoms with van der Waals surface area (Å²) >= 11 is 0. The van der Waals surface area contributed by atoms with Crippen molar-refractivity contribution in [3.05, 3.63) is 83.7 Å². The molecule has 3 aromatic rings. The second-order valence-electron chi connectivity index (χ2n) is 7.48. The highest BCUT2D eigenvalue weighted by Gasteiger charge is 2.20. The third-order valence-electron chi connectivity index (χ3n) is 5.04. The SMILES string of the molecule is O=C(NCCNC(=O)c1ccccc1F)c1ccc(NS(=O)(=O)c2ccc3c(c2)OCCO3)cc1. The predicted octanol–water partition coefficient (Wildman–Crippen LogP) is 2.56. The van der Waals surface area contributed by atoms with Crippen LogP contribution in [0.2, 0.25) is 0 Å². The topological polar surface area (TPSA) is 123 Å². The third-order valence-corrected chi connectivity index (χ3v) is 6.42. The van der Waals surface area contributed by atoms with E-state index in [0.717, 1.165) is 0 Å². The monoisotopic (exact) mass is 499 g/mol. The van der Waals surface area contributed by atoms with Crippen molar-refractivity contribution in [2.45, 2.75) is 4.90 Å². The predicted molar refractivity (Wildman–Crippen MR) is 126 cm³/mol. The van der Waals surface area contributed by atoms with Gasteiger partial charge in [0, 0.05) is 30.4 Å². The fourth-order valence-corrected chi connectivity index (χ4v) is 4.36. The number of hydrogen-bond acceptors (Lipinski definition) is 6. The first-order valence-electron chi connectivity index (χ1n) is 10.7. The highest BCUT2D eigenvalue weighted by molar-refractivity contribution is 7.92. The van der Waals surface area contributed by atoms with Crippen LogP contribution in [-0.4, -0.2) is 46.5 Å². The maximum Gasteiger partial charge on any atom is 0.262 e. The summed E-state index contributed by atoms with van der Waals surface area (Å²) in [4.78, 5) is 24.3. The Morgan fingerprint density at radius 3 is 2.20 bits per heavy atom. The molecule has 3 aromatic carbocycles. The first-order chi connectivity index (χ1) is 16.8. The van der Waals surface area contributed by atoms with Crippen LogP contribution in [0.15, 0.2) is 71.6 Å². The largest absolute Gasteiger partial charge is 0.486 e. The van der Waals surface area contributed by atoms with Crippen molar-refractivity contribution in [3.63, 3.8) is 0 Å². The molecule has 0 aliphatic carbocycles. The van der Waals surface area contributed by atoms with Crippen LogP contribution in [0.5, 0.6) is 11.5 Å². The van der Waals surface area contributed by atoms with Crippen molar-refractivity contribution in [2.24, 2.45) is 0 Å². The number of hydrogen-bond donors (Lipinski definition) is 3. The van der Waals surface area contributed by atoms with Gasteiger partial charge >= 0.3 is 0 Å². The number of fused-ring (bicyclic) bond motifs is 1. The first-order valence-corrected chi connectivity index (χ1v) is 12.2. The van der Waals surface area contributed by atoms with E-state index in [1.807, 2.05) is 0 Å². The summed E-state index contributed by atoms with van der Waals surface area (Å²) in [5.74, 6) is -0.772. The average molecular weight is 500 g/mol. The van der Waals surface area contributed by atoms with Gasteiger partial charge in [0.25, 0.3) is 21.8 Å². The number of anilines is 1. The van der Waals surface area contributed by atoms with E-state index in [0.29, 0.717) is 30.3 Å². The number of ether oxygens (including phenoxy) is 2. The first kappa shape index (κ1) is 24.0. The molecular weight excluding hydrogens is 477 g/mol. The van der Waals surface area contributed by atoms with Crippen LogP contribution in [0.3, 0.4) is 0 Å². The zero-order valence-corrected chi connectivity index (χ0v) is 19.2. The number of carbonyl (C=O) groups is 2. The zero-order valence-electron chi connectivity index (χ0n) is 18.4. The Kier molecular flexibility index (Phi) is 7.16. The Morgan fingerprint density at radius 1 is 0.829 bits per heavy atom. The molecule has 2 amide bonds. The molecule has 3 N–H and O–H groups in total. The van der Waals surface area contributed by atoms with E-state index in [1.54, 1.807) is 6.07 Å². The maximum atomic E-state index is 13.6. The fraction of sp³-hybridized carbons (Fsp3) is 0.167. The van der Waals surface area contributed by atoms with E-state index in [9.17, 15) is 22.4 Å². The lowest BCUT2D eigenvalue weighted by molar-refractivity contribution is 0.0925. The third kappa shape index (κ3) is 5.87. The summed E-state index contributed by atoms with van der Waals surface area (Å²) in [6, 6.07) is 15.8. The summed E-state index contributed by atoms with van der Waals surface area (Å²) < 4.78 is 52.3. The van der Waals surface area contributed by atoms with E-state index >= 15 is 0 Å². The van der Waals surface area contributed by atoms with Gasteiger partial charge in [-0.3, -0.25) is 14.3 Å². The molecule has 0 unspecified atom stereocenters. The van der Waals surface area contributed by atoms with E-state index in [-0.39, 0.29) is 29.2 Å². The summed E-state index contributed by atoms with van der Waals surface area (Å²) in [6.45, 7) is 0.967. The highest BCUT2D eigenvalue weighted by atomic mass is 32.2. The maximum absolute atomic E-state index is 13.6. The molecule has 0 aromatic heterocycles. The Morgan fingerprint density at radius 2 is 1.49 bits per heavy atom. The molecule has 9 nitrogen and oxygen atoms in total. The van der Waals surface area contributed by atoms with Gasteiger partial charge in [-0.25, -0.2) is 12.8 Å². The van der Waals surface area contributed by atoms with Crippen molar-refractivity contribution in [1.82, 2.24) is 10.6 Å². The molecule has 0 saturated carbocycles. The molecule has 11 heteroatoms. The smallest absolute Gasteiger partial charge is 0.262 e. The van der Waals surface area contributed by atoms with Crippen LogP contribution in [0.4, 0.5) is 10.1 Å². The molecular formula is C24H22FN3O6S. The molecule has 1 aliphatic rings. The molecule has 0 fully saturated rings. The van der Waals surface area contributed by atoms with E-state index in [4.69, 9.17) is 9.47 Å². The number of amides is 2. The van der Waals surface area contributed by atoms with Gasteiger partial charge < -0.3 is 20.1 Å². The van der Waals surface area contributed by atoms with E-state index in [1.165, 1.54) is 60.7 Å². The minimum Gasteiger partial charge on any atom is -0.486 e. The van der Waals surface area contributed by atoms with Gasteiger partial charge in [-0.05, 0) is 48.5 Å². The Hall–Kier alpha value is -4.12. The van der Waals surface area contributed by atoms with Crippen molar-refractivity contribution in [3.8, 4) is 11.5 Å². The van der Waals surface area contributed by atoms with Crippen LogP contribution in [0, 0.1) is 5.82 Å². The van der Waals surface area contributed by atoms with Gasteiger partial charge in [0.1, 0.15) is 19.0 Å². The lowest BCUT2D eigenvalue weighted by Crippen LogP contribution is -2.35. The summed E-state index contributed by atoms with van der Waals surface area (Å²) in [5, 5.41) is 5.16. The quantitative estimate of drug-likeness (QED) is 0.410. The Labute approximate surface area is 201 Å². The lowest BCUT2D eigenvalue weighted by Gasteiger charge is -2.19. The summed E-state index contributed by atoms with van der Waals surface area (Å²) in [7, 11) is -3.88. The number of benzene rings is 3. The van der Waals surface area contributed by atoms with Gasteiger partial charge in [-0.2, -0.15) is 0 Å². The van der Waals surface area contributed by atoms with Crippen LogP contribution >= 0.6 is 0 Å². The molecule has 182 valence electrons. The number of carbonyl (C=O) groups excluding carboxylic acids is 2. The van der Waals surface area contributed by atoms with Gasteiger partial charge in [0.15, 0.2) is 11.5 Å². The van der Waals surface area contributed by atoms with Crippen molar-refractivity contribution < 1.29 is 31.9 Å². The van der Waals surface area contributed by atoms with E-state index < -0.39 is 27.7 Å². The fourth-order valence-electron chi connectivity index (χ4n) is 3.29. The molecule has 1 aliphatic heterocycles. The van der Waals surface area contributed by atoms with Crippen molar-refractivity contribution in [2.75, 3.05) is 31.0 Å². The van der Waals surface area contributed by atoms with Crippen molar-refractivity contribution >= 4 is 27.5 Å². The molecule has 0 spiro atoms. The summed E-state index contributed by atoms with van der Waals surface area (Å²) in [6.07, 6.45) is 0. The zero-order chi connectivity index (χ0) is 24.8. The van der Waals surface area contributed by atoms with Crippen LogP contribution in [-0.2, 0) is 10.0 Å². The number of rotatable bonds is 8. The highest BCUT2D eigenvalue weighted by Crippen LogP contribution is 2.32. The lowest BCUT2D eigenvalue weighted by atomic mass is 10.2. The number of sulfonamides is 1. The Bertz CT molecular complexity index is 1350. The molecule has 0 radical (unpaired) electrons. The molecule has 1 heterocycles. The normalized spacial score (nSPS) is 12.5. The Balaban J connectivity index is 1.29. The average Bonchev–Trinajstić information content (AvgIpc) is 2.86. The van der Waals surface area contributed by atoms with Crippen LogP contribution in [0.25, 0.3) is 0 Å². The second kappa shape index (κ2) is 10.4. The molecule has 0 saturated heterocycles.